The van der Waals surface area contributed by atoms with E-state index in [4.69, 9.17) is 4.74 Å². The Morgan fingerprint density at radius 1 is 1.17 bits per heavy atom. The summed E-state index contributed by atoms with van der Waals surface area (Å²) in [6.45, 7) is 3.82. The van der Waals surface area contributed by atoms with Crippen LogP contribution >= 0.6 is 11.3 Å². The summed E-state index contributed by atoms with van der Waals surface area (Å²) in [5.41, 5.74) is 1.50. The number of hydrogen-bond donors (Lipinski definition) is 0. The number of ether oxygens (including phenoxy) is 1. The third-order valence-corrected chi connectivity index (χ3v) is 5.63. The number of rotatable bonds is 5. The highest BCUT2D eigenvalue weighted by Gasteiger charge is 2.36. The largest absolute Gasteiger partial charge is 0.497 e. The molecule has 0 bridgehead atoms. The van der Waals surface area contributed by atoms with Gasteiger partial charge < -0.3 is 9.30 Å². The van der Waals surface area contributed by atoms with Gasteiger partial charge in [0.2, 0.25) is 0 Å². The second-order valence-electron chi connectivity index (χ2n) is 6.37. The Bertz CT molecular complexity index is 1200. The van der Waals surface area contributed by atoms with Gasteiger partial charge in [-0.1, -0.05) is 29.5 Å². The Labute approximate surface area is 170 Å². The van der Waals surface area contributed by atoms with E-state index >= 15 is 0 Å². The Balaban J connectivity index is 1.68. The highest BCUT2D eigenvalue weighted by atomic mass is 32.1. The van der Waals surface area contributed by atoms with E-state index in [1.165, 1.54) is 11.3 Å². The van der Waals surface area contributed by atoms with Gasteiger partial charge in [0.25, 0.3) is 17.7 Å². The molecule has 2 aromatic carbocycles. The van der Waals surface area contributed by atoms with Crippen LogP contribution in [0.4, 0.5) is 0 Å². The van der Waals surface area contributed by atoms with Gasteiger partial charge in [-0.05, 0) is 30.3 Å². The van der Waals surface area contributed by atoms with Crippen LogP contribution in [-0.2, 0) is 11.3 Å². The highest BCUT2D eigenvalue weighted by molar-refractivity contribution is 7.16. The topological polar surface area (TPSA) is 81.0 Å². The van der Waals surface area contributed by atoms with Crippen LogP contribution in [0, 0.1) is 0 Å². The molecule has 7 nitrogen and oxygen atoms in total. The lowest BCUT2D eigenvalue weighted by Crippen LogP contribution is -2.35. The fourth-order valence-electron chi connectivity index (χ4n) is 3.23. The van der Waals surface area contributed by atoms with Crippen molar-refractivity contribution >= 4 is 39.3 Å². The summed E-state index contributed by atoms with van der Waals surface area (Å²) >= 11 is 1.33. The van der Waals surface area contributed by atoms with Crippen molar-refractivity contribution in [1.82, 2.24) is 9.47 Å². The predicted molar refractivity (Wildman–Crippen MR) is 109 cm³/mol. The number of benzene rings is 2. The number of thiazole rings is 1. The molecule has 146 valence electrons. The predicted octanol–water partition coefficient (Wildman–Crippen LogP) is 2.62. The average molecular weight is 407 g/mol. The number of aromatic nitrogens is 1. The van der Waals surface area contributed by atoms with Gasteiger partial charge in [0.05, 0.1) is 28.5 Å². The highest BCUT2D eigenvalue weighted by Crippen LogP contribution is 2.24. The SMILES string of the molecule is C=CCn1c(=NC(=O)CN2C(=O)c3ccccc3C2=O)sc2cc(OC)ccc21. The van der Waals surface area contributed by atoms with Crippen molar-refractivity contribution in [1.29, 1.82) is 0 Å². The van der Waals surface area contributed by atoms with Gasteiger partial charge in [-0.25, -0.2) is 0 Å². The maximum Gasteiger partial charge on any atom is 0.268 e. The normalized spacial score (nSPS) is 13.8. The smallest absolute Gasteiger partial charge is 0.268 e. The number of allylic oxidation sites excluding steroid dienone is 1. The minimum Gasteiger partial charge on any atom is -0.497 e. The summed E-state index contributed by atoms with van der Waals surface area (Å²) in [5, 5.41) is 0. The summed E-state index contributed by atoms with van der Waals surface area (Å²) in [7, 11) is 1.59. The quantitative estimate of drug-likeness (QED) is 0.481. The van der Waals surface area contributed by atoms with Gasteiger partial charge in [0.15, 0.2) is 4.80 Å². The minimum atomic E-state index is -0.573. The summed E-state index contributed by atoms with van der Waals surface area (Å²) in [5.74, 6) is -0.826. The molecule has 8 heteroatoms. The van der Waals surface area contributed by atoms with Crippen molar-refractivity contribution in [2.24, 2.45) is 4.99 Å². The molecule has 1 aromatic heterocycles. The molecule has 0 saturated heterocycles. The standard InChI is InChI=1S/C21H17N3O4S/c1-3-10-23-16-9-8-13(28-2)11-17(16)29-21(23)22-18(25)12-24-19(26)14-6-4-5-7-15(14)20(24)27/h3-9,11H,1,10,12H2,2H3. The average Bonchev–Trinajstić information content (AvgIpc) is 3.18. The zero-order valence-electron chi connectivity index (χ0n) is 15.6. The van der Waals surface area contributed by atoms with Gasteiger partial charge in [0.1, 0.15) is 12.3 Å². The lowest BCUT2D eigenvalue weighted by Gasteiger charge is -2.10. The molecule has 2 heterocycles. The van der Waals surface area contributed by atoms with Crippen molar-refractivity contribution < 1.29 is 19.1 Å². The molecule has 0 radical (unpaired) electrons. The van der Waals surface area contributed by atoms with E-state index in [-0.39, 0.29) is 0 Å². The minimum absolute atomic E-state index is 0.306. The summed E-state index contributed by atoms with van der Waals surface area (Å²) < 4.78 is 8.01. The monoisotopic (exact) mass is 407 g/mol. The third kappa shape index (κ3) is 3.27. The fourth-order valence-corrected chi connectivity index (χ4v) is 4.32. The van der Waals surface area contributed by atoms with Crippen LogP contribution in [0.2, 0.25) is 0 Å². The maximum atomic E-state index is 12.6. The first-order chi connectivity index (χ1) is 14.0. The molecule has 0 aliphatic carbocycles. The van der Waals surface area contributed by atoms with Gasteiger partial charge >= 0.3 is 0 Å². The van der Waals surface area contributed by atoms with Crippen LogP contribution in [0.1, 0.15) is 20.7 Å². The Morgan fingerprint density at radius 3 is 2.48 bits per heavy atom. The van der Waals surface area contributed by atoms with Crippen LogP contribution < -0.4 is 9.54 Å². The van der Waals surface area contributed by atoms with Crippen molar-refractivity contribution in [2.45, 2.75) is 6.54 Å². The summed E-state index contributed by atoms with van der Waals surface area (Å²) in [4.78, 5) is 43.1. The molecule has 0 spiro atoms. The van der Waals surface area contributed by atoms with Crippen LogP contribution in [0.5, 0.6) is 5.75 Å². The zero-order valence-corrected chi connectivity index (χ0v) is 16.4. The van der Waals surface area contributed by atoms with E-state index < -0.39 is 24.3 Å². The van der Waals surface area contributed by atoms with E-state index in [1.807, 2.05) is 22.8 Å². The van der Waals surface area contributed by atoms with Crippen LogP contribution in [0.25, 0.3) is 10.2 Å². The number of hydrogen-bond acceptors (Lipinski definition) is 5. The number of carbonyl (C=O) groups is 3. The van der Waals surface area contributed by atoms with E-state index in [9.17, 15) is 14.4 Å². The van der Waals surface area contributed by atoms with Gasteiger partial charge in [-0.2, -0.15) is 4.99 Å². The van der Waals surface area contributed by atoms with Crippen molar-refractivity contribution in [3.63, 3.8) is 0 Å². The number of carbonyl (C=O) groups excluding carboxylic acids is 3. The Hall–Kier alpha value is -3.52. The second kappa shape index (κ2) is 7.48. The molecule has 0 atom stereocenters. The second-order valence-corrected chi connectivity index (χ2v) is 7.37. The lowest BCUT2D eigenvalue weighted by atomic mass is 10.1. The Morgan fingerprint density at radius 2 is 1.86 bits per heavy atom. The van der Waals surface area contributed by atoms with E-state index in [1.54, 1.807) is 37.5 Å². The van der Waals surface area contributed by atoms with Crippen LogP contribution in [-0.4, -0.2) is 40.8 Å². The molecule has 29 heavy (non-hydrogen) atoms. The molecule has 0 N–H and O–H groups in total. The molecular weight excluding hydrogens is 390 g/mol. The molecule has 0 unspecified atom stereocenters. The van der Waals surface area contributed by atoms with Crippen molar-refractivity contribution in [3.8, 4) is 5.75 Å². The Kier molecular flexibility index (Phi) is 4.85. The van der Waals surface area contributed by atoms with Crippen molar-refractivity contribution in [3.05, 3.63) is 71.0 Å². The zero-order chi connectivity index (χ0) is 20.5. The van der Waals surface area contributed by atoms with Gasteiger partial charge in [0, 0.05) is 6.54 Å². The number of nitrogens with zero attached hydrogens (tertiary/aromatic N) is 3. The molecule has 3 aromatic rings. The molecule has 0 saturated carbocycles. The first-order valence-corrected chi connectivity index (χ1v) is 9.66. The molecule has 3 amide bonds. The number of methoxy groups -OCH3 is 1. The first-order valence-electron chi connectivity index (χ1n) is 8.84. The van der Waals surface area contributed by atoms with E-state index in [0.29, 0.717) is 28.2 Å². The number of amides is 3. The molecule has 0 fully saturated rings. The molecule has 1 aliphatic heterocycles. The lowest BCUT2D eigenvalue weighted by molar-refractivity contribution is -0.118. The van der Waals surface area contributed by atoms with Crippen molar-refractivity contribution in [2.75, 3.05) is 13.7 Å². The summed E-state index contributed by atoms with van der Waals surface area (Å²) in [6.07, 6.45) is 1.71. The van der Waals surface area contributed by atoms with E-state index in [2.05, 4.69) is 11.6 Å². The van der Waals surface area contributed by atoms with Crippen LogP contribution in [0.15, 0.2) is 60.1 Å². The van der Waals surface area contributed by atoms with Gasteiger partial charge in [-0.15, -0.1) is 6.58 Å². The van der Waals surface area contributed by atoms with Gasteiger partial charge in [-0.3, -0.25) is 19.3 Å². The fraction of sp³-hybridized carbons (Fsp3) is 0.143. The third-order valence-electron chi connectivity index (χ3n) is 4.59. The molecule has 1 aliphatic rings. The van der Waals surface area contributed by atoms with Crippen LogP contribution in [0.3, 0.4) is 0 Å². The molecule has 4 rings (SSSR count). The maximum absolute atomic E-state index is 12.6. The molecular formula is C21H17N3O4S. The van der Waals surface area contributed by atoms with E-state index in [0.717, 1.165) is 15.1 Å². The first kappa shape index (κ1) is 18.8. The number of fused-ring (bicyclic) bond motifs is 2. The number of imide groups is 1. The summed E-state index contributed by atoms with van der Waals surface area (Å²) in [6, 6.07) is 12.1.